The number of pyridine rings is 1. The van der Waals surface area contributed by atoms with Crippen LogP contribution >= 0.6 is 0 Å². The Morgan fingerprint density at radius 2 is 2.00 bits per heavy atom. The molecule has 0 radical (unpaired) electrons. The maximum Gasteiger partial charge on any atom is 0.330 e. The van der Waals surface area contributed by atoms with Crippen molar-refractivity contribution in [2.24, 2.45) is 17.8 Å². The van der Waals surface area contributed by atoms with E-state index in [0.717, 1.165) is 24.6 Å². The Hall–Kier alpha value is -3.82. The van der Waals surface area contributed by atoms with E-state index >= 15 is 0 Å². The van der Waals surface area contributed by atoms with Gasteiger partial charge in [0.15, 0.2) is 0 Å². The van der Waals surface area contributed by atoms with Crippen LogP contribution in [0.3, 0.4) is 0 Å². The molecule has 0 bridgehead atoms. The van der Waals surface area contributed by atoms with Crippen LogP contribution < -0.4 is 19.5 Å². The number of hydrogen-bond donors (Lipinski definition) is 2. The highest BCUT2D eigenvalue weighted by Crippen LogP contribution is 2.46. The number of aliphatic carboxylic acids is 1. The molecule has 2 amide bonds. The molecule has 2 heterocycles. The summed E-state index contributed by atoms with van der Waals surface area (Å²) in [5.41, 5.74) is -0.676. The van der Waals surface area contributed by atoms with Gasteiger partial charge in [0.25, 0.3) is 0 Å². The number of rotatable bonds is 6. The lowest BCUT2D eigenvalue weighted by Crippen LogP contribution is -2.49. The lowest BCUT2D eigenvalue weighted by molar-refractivity contribution is -0.145. The highest BCUT2D eigenvalue weighted by atomic mass is 16.5. The molecule has 5 unspecified atom stereocenters. The van der Waals surface area contributed by atoms with E-state index in [-0.39, 0.29) is 18.2 Å². The Bertz CT molecular complexity index is 1330. The first kappa shape index (κ1) is 27.7. The second-order valence-corrected chi connectivity index (χ2v) is 11.0. The summed E-state index contributed by atoms with van der Waals surface area (Å²) in [7, 11) is 3.35. The molecule has 1 aliphatic heterocycles. The molecular formula is C30H37N3O7. The molecule has 214 valence electrons. The zero-order valence-corrected chi connectivity index (χ0v) is 23.2. The first-order chi connectivity index (χ1) is 19.3. The van der Waals surface area contributed by atoms with Crippen molar-refractivity contribution < 1.29 is 33.7 Å². The molecule has 1 aromatic carbocycles. The monoisotopic (exact) mass is 551 g/mol. The predicted octanol–water partition coefficient (Wildman–Crippen LogP) is 3.57. The minimum Gasteiger partial charge on any atom is -0.497 e. The highest BCUT2D eigenvalue weighted by Gasteiger charge is 2.61. The van der Waals surface area contributed by atoms with E-state index in [4.69, 9.17) is 14.2 Å². The van der Waals surface area contributed by atoms with Gasteiger partial charge < -0.3 is 29.5 Å². The van der Waals surface area contributed by atoms with Crippen molar-refractivity contribution in [1.29, 1.82) is 0 Å². The third-order valence-electron chi connectivity index (χ3n) is 8.32. The molecule has 2 N–H and O–H groups in total. The van der Waals surface area contributed by atoms with Gasteiger partial charge in [0.1, 0.15) is 23.1 Å². The molecule has 2 saturated carbocycles. The average molecular weight is 552 g/mol. The summed E-state index contributed by atoms with van der Waals surface area (Å²) in [5, 5.41) is 13.6. The van der Waals surface area contributed by atoms with Crippen molar-refractivity contribution in [3.63, 3.8) is 0 Å². The van der Waals surface area contributed by atoms with Crippen molar-refractivity contribution >= 4 is 28.7 Å². The Morgan fingerprint density at radius 1 is 1.20 bits per heavy atom. The molecule has 2 aromatic rings. The molecule has 5 rings (SSSR count). The lowest BCUT2D eigenvalue weighted by atomic mass is 9.93. The number of carboxylic acids is 1. The van der Waals surface area contributed by atoms with Crippen LogP contribution in [0.2, 0.25) is 0 Å². The van der Waals surface area contributed by atoms with E-state index in [0.29, 0.717) is 48.9 Å². The summed E-state index contributed by atoms with van der Waals surface area (Å²) in [4.78, 5) is 45.7. The number of fused-ring (bicyclic) bond motifs is 3. The standard InChI is InChI=1S/C30H37N3O7/c1-4-39-26-16-25(21-11-10-19(38-3)15-24(21)31-26)40-20-13-22-23(14-20)28(35)33(2)12-8-6-5-7-9-18-17-30(18,29(36)37)32-27(22)34/h7,9-11,15-16,18,20,22-23H,4-6,8,12-14,17H2,1-3H3,(H,32,34)(H,36,37). The van der Waals surface area contributed by atoms with Gasteiger partial charge in [0.05, 0.1) is 31.1 Å². The van der Waals surface area contributed by atoms with Gasteiger partial charge in [-0.25, -0.2) is 9.78 Å². The number of ether oxygens (including phenoxy) is 3. The number of carbonyl (C=O) groups is 3. The normalized spacial score (nSPS) is 28.7. The van der Waals surface area contributed by atoms with Gasteiger partial charge in [-0.3, -0.25) is 9.59 Å². The average Bonchev–Trinajstić information content (AvgIpc) is 3.47. The Labute approximate surface area is 233 Å². The zero-order valence-electron chi connectivity index (χ0n) is 23.2. The fourth-order valence-corrected chi connectivity index (χ4v) is 5.97. The number of carbonyl (C=O) groups excluding carboxylic acids is 2. The van der Waals surface area contributed by atoms with E-state index in [9.17, 15) is 19.5 Å². The molecule has 3 aliphatic rings. The Kier molecular flexibility index (Phi) is 7.87. The Balaban J connectivity index is 1.44. The van der Waals surface area contributed by atoms with Gasteiger partial charge in [0.2, 0.25) is 17.7 Å². The lowest BCUT2D eigenvalue weighted by Gasteiger charge is -2.26. The van der Waals surface area contributed by atoms with Crippen LogP contribution in [-0.2, 0) is 14.4 Å². The van der Waals surface area contributed by atoms with Crippen molar-refractivity contribution in [2.45, 2.75) is 57.1 Å². The van der Waals surface area contributed by atoms with Crippen LogP contribution in [0.15, 0.2) is 36.4 Å². The summed E-state index contributed by atoms with van der Waals surface area (Å²) in [6.07, 6.45) is 6.97. The number of nitrogens with one attached hydrogen (secondary N) is 1. The quantitative estimate of drug-likeness (QED) is 0.522. The SMILES string of the molecule is CCOc1cc(OC2CC3C(=O)NC4(C(=O)O)CC4C=CCCCCN(C)C(=O)C3C2)c2ccc(OC)cc2n1. The molecule has 10 heteroatoms. The molecule has 2 fully saturated rings. The molecule has 5 atom stereocenters. The van der Waals surface area contributed by atoms with Gasteiger partial charge in [-0.15, -0.1) is 0 Å². The van der Waals surface area contributed by atoms with Gasteiger partial charge in [-0.05, 0) is 57.6 Å². The minimum absolute atomic E-state index is 0.116. The fourth-order valence-electron chi connectivity index (χ4n) is 5.97. The number of hydrogen-bond acceptors (Lipinski definition) is 7. The molecule has 40 heavy (non-hydrogen) atoms. The first-order valence-electron chi connectivity index (χ1n) is 14.0. The zero-order chi connectivity index (χ0) is 28.4. The molecule has 2 aliphatic carbocycles. The van der Waals surface area contributed by atoms with E-state index in [1.54, 1.807) is 31.2 Å². The first-order valence-corrected chi connectivity index (χ1v) is 14.0. The van der Waals surface area contributed by atoms with Crippen LogP contribution in [0.1, 0.15) is 45.4 Å². The number of carboxylic acid groups (broad SMARTS) is 1. The maximum atomic E-state index is 13.6. The van der Waals surface area contributed by atoms with E-state index in [2.05, 4.69) is 10.3 Å². The second kappa shape index (κ2) is 11.3. The number of aromatic nitrogens is 1. The molecular weight excluding hydrogens is 514 g/mol. The summed E-state index contributed by atoms with van der Waals surface area (Å²) in [5.74, 6) is -1.55. The third kappa shape index (κ3) is 5.44. The van der Waals surface area contributed by atoms with E-state index in [1.807, 2.05) is 31.2 Å². The predicted molar refractivity (Wildman–Crippen MR) is 147 cm³/mol. The number of methoxy groups -OCH3 is 1. The van der Waals surface area contributed by atoms with Gasteiger partial charge in [-0.2, -0.15) is 0 Å². The summed E-state index contributed by atoms with van der Waals surface area (Å²) < 4.78 is 17.5. The largest absolute Gasteiger partial charge is 0.497 e. The highest BCUT2D eigenvalue weighted by molar-refractivity contribution is 5.94. The molecule has 1 aromatic heterocycles. The van der Waals surface area contributed by atoms with Crippen molar-refractivity contribution in [2.75, 3.05) is 27.3 Å². The fraction of sp³-hybridized carbons (Fsp3) is 0.533. The smallest absolute Gasteiger partial charge is 0.330 e. The minimum atomic E-state index is -1.32. The topological polar surface area (TPSA) is 127 Å². The van der Waals surface area contributed by atoms with Crippen LogP contribution in [0, 0.1) is 17.8 Å². The Morgan fingerprint density at radius 3 is 2.75 bits per heavy atom. The summed E-state index contributed by atoms with van der Waals surface area (Å²) >= 11 is 0. The van der Waals surface area contributed by atoms with Gasteiger partial charge in [-0.1, -0.05) is 12.2 Å². The number of benzene rings is 1. The van der Waals surface area contributed by atoms with Crippen molar-refractivity contribution in [1.82, 2.24) is 15.2 Å². The maximum absolute atomic E-state index is 13.6. The van der Waals surface area contributed by atoms with E-state index in [1.165, 1.54) is 0 Å². The van der Waals surface area contributed by atoms with Crippen LogP contribution in [0.4, 0.5) is 0 Å². The van der Waals surface area contributed by atoms with Crippen molar-refractivity contribution in [3.05, 3.63) is 36.4 Å². The third-order valence-corrected chi connectivity index (χ3v) is 8.32. The summed E-state index contributed by atoms with van der Waals surface area (Å²) in [6.45, 7) is 2.90. The van der Waals surface area contributed by atoms with E-state index < -0.39 is 35.4 Å². The van der Waals surface area contributed by atoms with Crippen LogP contribution in [0.25, 0.3) is 10.9 Å². The second-order valence-electron chi connectivity index (χ2n) is 11.0. The van der Waals surface area contributed by atoms with Gasteiger partial charge in [0, 0.05) is 37.0 Å². The molecule has 0 spiro atoms. The molecule has 0 saturated heterocycles. The van der Waals surface area contributed by atoms with Crippen LogP contribution in [0.5, 0.6) is 17.4 Å². The summed E-state index contributed by atoms with van der Waals surface area (Å²) in [6, 6.07) is 7.21. The number of nitrogens with zero attached hydrogens (tertiary/aromatic N) is 2. The molecule has 10 nitrogen and oxygen atoms in total. The van der Waals surface area contributed by atoms with Crippen LogP contribution in [-0.4, -0.2) is 71.7 Å². The number of amides is 2. The van der Waals surface area contributed by atoms with Gasteiger partial charge >= 0.3 is 5.97 Å². The van der Waals surface area contributed by atoms with Crippen molar-refractivity contribution in [3.8, 4) is 17.4 Å². The number of allylic oxidation sites excluding steroid dienone is 1.